The zero-order valence-electron chi connectivity index (χ0n) is 6.70. The summed E-state index contributed by atoms with van der Waals surface area (Å²) in [5.41, 5.74) is 0. The van der Waals surface area contributed by atoms with Gasteiger partial charge in [0.2, 0.25) is 0 Å². The number of methoxy groups -OCH3 is 1. The minimum absolute atomic E-state index is 0.0147. The fraction of sp³-hybridized carbons (Fsp3) is 0.857. The molecule has 0 bridgehead atoms. The molecule has 3 unspecified atom stereocenters. The van der Waals surface area contributed by atoms with Gasteiger partial charge in [0.25, 0.3) is 0 Å². The lowest BCUT2D eigenvalue weighted by molar-refractivity contribution is -0.142. The molecule has 0 saturated carbocycles. The maximum Gasteiger partial charge on any atom is 0.322 e. The summed E-state index contributed by atoms with van der Waals surface area (Å²) in [5.74, 6) is -0.298. The lowest BCUT2D eigenvalue weighted by Gasteiger charge is -2.07. The SMILES string of the molecule is COC(=O)C1CC(O)C(C)N1. The lowest BCUT2D eigenvalue weighted by Crippen LogP contribution is -2.35. The monoisotopic (exact) mass is 159 g/mol. The summed E-state index contributed by atoms with van der Waals surface area (Å²) >= 11 is 0. The largest absolute Gasteiger partial charge is 0.468 e. The average molecular weight is 159 g/mol. The van der Waals surface area contributed by atoms with Crippen LogP contribution in [0.15, 0.2) is 0 Å². The van der Waals surface area contributed by atoms with Gasteiger partial charge in [0, 0.05) is 12.5 Å². The highest BCUT2D eigenvalue weighted by Gasteiger charge is 2.33. The number of carbonyl (C=O) groups is 1. The highest BCUT2D eigenvalue weighted by atomic mass is 16.5. The van der Waals surface area contributed by atoms with E-state index in [4.69, 9.17) is 0 Å². The molecule has 0 amide bonds. The molecule has 11 heavy (non-hydrogen) atoms. The number of carbonyl (C=O) groups excluding carboxylic acids is 1. The van der Waals surface area contributed by atoms with Gasteiger partial charge in [-0.3, -0.25) is 10.1 Å². The zero-order valence-corrected chi connectivity index (χ0v) is 6.70. The fourth-order valence-electron chi connectivity index (χ4n) is 1.25. The van der Waals surface area contributed by atoms with Crippen LogP contribution in [0, 0.1) is 0 Å². The van der Waals surface area contributed by atoms with E-state index in [1.54, 1.807) is 0 Å². The molecule has 4 heteroatoms. The van der Waals surface area contributed by atoms with Gasteiger partial charge in [0.05, 0.1) is 13.2 Å². The minimum Gasteiger partial charge on any atom is -0.468 e. The number of hydrogen-bond donors (Lipinski definition) is 2. The third kappa shape index (κ3) is 1.70. The van der Waals surface area contributed by atoms with Gasteiger partial charge in [-0.1, -0.05) is 0 Å². The molecule has 0 aromatic carbocycles. The van der Waals surface area contributed by atoms with Gasteiger partial charge < -0.3 is 9.84 Å². The number of rotatable bonds is 1. The van der Waals surface area contributed by atoms with Crippen LogP contribution in [0.5, 0.6) is 0 Å². The van der Waals surface area contributed by atoms with Crippen LogP contribution in [0.1, 0.15) is 13.3 Å². The number of nitrogens with one attached hydrogen (secondary N) is 1. The molecule has 3 atom stereocenters. The Morgan fingerprint density at radius 1 is 1.73 bits per heavy atom. The second-order valence-electron chi connectivity index (χ2n) is 2.83. The van der Waals surface area contributed by atoms with Crippen LogP contribution in [-0.4, -0.2) is 36.4 Å². The van der Waals surface area contributed by atoms with Crippen molar-refractivity contribution in [1.82, 2.24) is 5.32 Å². The summed E-state index contributed by atoms with van der Waals surface area (Å²) in [6, 6.07) is -0.343. The van der Waals surface area contributed by atoms with Crippen molar-refractivity contribution in [2.24, 2.45) is 0 Å². The molecule has 1 aliphatic rings. The van der Waals surface area contributed by atoms with Crippen LogP contribution < -0.4 is 5.32 Å². The topological polar surface area (TPSA) is 58.6 Å². The van der Waals surface area contributed by atoms with Gasteiger partial charge in [-0.15, -0.1) is 0 Å². The number of aliphatic hydroxyl groups excluding tert-OH is 1. The number of ether oxygens (including phenoxy) is 1. The third-order valence-electron chi connectivity index (χ3n) is 2.00. The first kappa shape index (κ1) is 8.49. The molecule has 0 spiro atoms. The summed E-state index contributed by atoms with van der Waals surface area (Å²) in [6.45, 7) is 1.84. The average Bonchev–Trinajstić information content (AvgIpc) is 2.31. The molecule has 0 aromatic heterocycles. The van der Waals surface area contributed by atoms with Crippen molar-refractivity contribution in [3.8, 4) is 0 Å². The predicted octanol–water partition coefficient (Wildman–Crippen LogP) is -0.729. The van der Waals surface area contributed by atoms with Crippen LogP contribution in [0.3, 0.4) is 0 Å². The van der Waals surface area contributed by atoms with Gasteiger partial charge in [-0.2, -0.15) is 0 Å². The zero-order chi connectivity index (χ0) is 8.43. The second kappa shape index (κ2) is 3.19. The molecule has 1 fully saturated rings. The van der Waals surface area contributed by atoms with E-state index in [0.29, 0.717) is 6.42 Å². The summed E-state index contributed by atoms with van der Waals surface area (Å²) in [5, 5.41) is 12.2. The highest BCUT2D eigenvalue weighted by Crippen LogP contribution is 2.13. The van der Waals surface area contributed by atoms with E-state index < -0.39 is 6.10 Å². The van der Waals surface area contributed by atoms with Crippen molar-refractivity contribution in [3.05, 3.63) is 0 Å². The first-order valence-electron chi connectivity index (χ1n) is 3.67. The first-order valence-corrected chi connectivity index (χ1v) is 3.67. The fourth-order valence-corrected chi connectivity index (χ4v) is 1.25. The van der Waals surface area contributed by atoms with Gasteiger partial charge in [0.15, 0.2) is 0 Å². The van der Waals surface area contributed by atoms with Crippen molar-refractivity contribution in [2.75, 3.05) is 7.11 Å². The predicted molar refractivity (Wildman–Crippen MR) is 39.0 cm³/mol. The van der Waals surface area contributed by atoms with Crippen LogP contribution in [0.25, 0.3) is 0 Å². The molecule has 2 N–H and O–H groups in total. The Balaban J connectivity index is 2.46. The normalized spacial score (nSPS) is 37.2. The summed E-state index contributed by atoms with van der Waals surface area (Å²) in [4.78, 5) is 10.9. The first-order chi connectivity index (χ1) is 5.15. The minimum atomic E-state index is -0.431. The summed E-state index contributed by atoms with van der Waals surface area (Å²) in [6.07, 6.45) is 0.0208. The highest BCUT2D eigenvalue weighted by molar-refractivity contribution is 5.76. The second-order valence-corrected chi connectivity index (χ2v) is 2.83. The van der Waals surface area contributed by atoms with E-state index in [9.17, 15) is 9.90 Å². The Morgan fingerprint density at radius 2 is 2.36 bits per heavy atom. The molecule has 1 aliphatic heterocycles. The van der Waals surface area contributed by atoms with Crippen molar-refractivity contribution in [2.45, 2.75) is 31.5 Å². The van der Waals surface area contributed by atoms with Crippen molar-refractivity contribution in [1.29, 1.82) is 0 Å². The summed E-state index contributed by atoms with van der Waals surface area (Å²) in [7, 11) is 1.35. The lowest BCUT2D eigenvalue weighted by atomic mass is 10.1. The molecular formula is C7H13NO3. The van der Waals surface area contributed by atoms with E-state index in [0.717, 1.165) is 0 Å². The number of aliphatic hydroxyl groups is 1. The van der Waals surface area contributed by atoms with E-state index in [1.807, 2.05) is 6.92 Å². The maximum atomic E-state index is 10.9. The van der Waals surface area contributed by atoms with Crippen LogP contribution in [-0.2, 0) is 9.53 Å². The molecule has 0 aliphatic carbocycles. The standard InChI is InChI=1S/C7H13NO3/c1-4-6(9)3-5(8-4)7(10)11-2/h4-6,8-9H,3H2,1-2H3. The Hall–Kier alpha value is -0.610. The number of hydrogen-bond acceptors (Lipinski definition) is 4. The molecule has 4 nitrogen and oxygen atoms in total. The molecule has 1 heterocycles. The van der Waals surface area contributed by atoms with Crippen molar-refractivity contribution < 1.29 is 14.6 Å². The molecular weight excluding hydrogens is 146 g/mol. The maximum absolute atomic E-state index is 10.9. The van der Waals surface area contributed by atoms with Crippen molar-refractivity contribution in [3.63, 3.8) is 0 Å². The molecule has 0 radical (unpaired) electrons. The van der Waals surface area contributed by atoms with Gasteiger partial charge in [0.1, 0.15) is 6.04 Å². The quantitative estimate of drug-likeness (QED) is 0.495. The van der Waals surface area contributed by atoms with E-state index in [-0.39, 0.29) is 18.1 Å². The Labute approximate surface area is 65.5 Å². The molecule has 1 saturated heterocycles. The van der Waals surface area contributed by atoms with Crippen LogP contribution in [0.4, 0.5) is 0 Å². The Morgan fingerprint density at radius 3 is 2.73 bits per heavy atom. The van der Waals surface area contributed by atoms with Gasteiger partial charge >= 0.3 is 5.97 Å². The van der Waals surface area contributed by atoms with E-state index >= 15 is 0 Å². The van der Waals surface area contributed by atoms with Gasteiger partial charge in [-0.25, -0.2) is 0 Å². The van der Waals surface area contributed by atoms with E-state index in [1.165, 1.54) is 7.11 Å². The van der Waals surface area contributed by atoms with Gasteiger partial charge in [-0.05, 0) is 6.92 Å². The van der Waals surface area contributed by atoms with Crippen LogP contribution >= 0.6 is 0 Å². The van der Waals surface area contributed by atoms with Crippen molar-refractivity contribution >= 4 is 5.97 Å². The molecule has 1 rings (SSSR count). The Kier molecular flexibility index (Phi) is 2.46. The summed E-state index contributed by atoms with van der Waals surface area (Å²) < 4.78 is 4.52. The smallest absolute Gasteiger partial charge is 0.322 e. The molecule has 64 valence electrons. The number of esters is 1. The van der Waals surface area contributed by atoms with Crippen LogP contribution in [0.2, 0.25) is 0 Å². The Bertz CT molecular complexity index is 150. The third-order valence-corrected chi connectivity index (χ3v) is 2.00. The van der Waals surface area contributed by atoms with E-state index in [2.05, 4.69) is 10.1 Å². The molecule has 0 aromatic rings.